The average molecular weight is 338 g/mol. The van der Waals surface area contributed by atoms with Gasteiger partial charge in [0.05, 0.1) is 0 Å². The summed E-state index contributed by atoms with van der Waals surface area (Å²) < 4.78 is 0. The van der Waals surface area contributed by atoms with Crippen molar-refractivity contribution in [1.29, 1.82) is 0 Å². The van der Waals surface area contributed by atoms with E-state index in [2.05, 4.69) is 27.3 Å². The van der Waals surface area contributed by atoms with Crippen LogP contribution in [0.3, 0.4) is 0 Å². The van der Waals surface area contributed by atoms with Crippen molar-refractivity contribution in [1.82, 2.24) is 14.8 Å². The Kier molecular flexibility index (Phi) is 5.40. The molecule has 1 fully saturated rings. The Morgan fingerprint density at radius 1 is 1.08 bits per heavy atom. The molecule has 1 aromatic carbocycles. The summed E-state index contributed by atoms with van der Waals surface area (Å²) in [6.45, 7) is 5.40. The lowest BCUT2D eigenvalue weighted by Gasteiger charge is -2.34. The molecule has 0 spiro atoms. The zero-order valence-corrected chi connectivity index (χ0v) is 14.3. The number of rotatable bonds is 3. The highest BCUT2D eigenvalue weighted by atomic mass is 16.2. The van der Waals surface area contributed by atoms with Gasteiger partial charge in [0.25, 0.3) is 0 Å². The largest absolute Gasteiger partial charge is 0.332 e. The number of nitrogens with zero attached hydrogens (tertiary/aromatic N) is 3. The third kappa shape index (κ3) is 4.64. The van der Waals surface area contributed by atoms with Crippen molar-refractivity contribution < 1.29 is 9.59 Å². The molecule has 0 atom stereocenters. The van der Waals surface area contributed by atoms with E-state index in [4.69, 9.17) is 0 Å². The first-order valence-electron chi connectivity index (χ1n) is 8.41. The second-order valence-corrected chi connectivity index (χ2v) is 6.23. The summed E-state index contributed by atoms with van der Waals surface area (Å²) in [5, 5.41) is 2.58. The summed E-state index contributed by atoms with van der Waals surface area (Å²) >= 11 is 0. The first-order valence-corrected chi connectivity index (χ1v) is 8.41. The minimum atomic E-state index is -0.630. The van der Waals surface area contributed by atoms with E-state index in [0.29, 0.717) is 18.9 Å². The summed E-state index contributed by atoms with van der Waals surface area (Å²) in [6.07, 6.45) is 1.61. The van der Waals surface area contributed by atoms with Crippen molar-refractivity contribution in [2.45, 2.75) is 13.5 Å². The van der Waals surface area contributed by atoms with Crippen LogP contribution in [0.2, 0.25) is 0 Å². The maximum atomic E-state index is 12.3. The summed E-state index contributed by atoms with van der Waals surface area (Å²) in [7, 11) is 0. The van der Waals surface area contributed by atoms with Gasteiger partial charge in [-0.2, -0.15) is 0 Å². The summed E-state index contributed by atoms with van der Waals surface area (Å²) in [5.41, 5.74) is 2.23. The van der Waals surface area contributed by atoms with Crippen molar-refractivity contribution in [3.63, 3.8) is 0 Å². The number of anilines is 1. The normalized spacial score (nSPS) is 15.0. The van der Waals surface area contributed by atoms with Gasteiger partial charge in [-0.15, -0.1) is 0 Å². The fraction of sp³-hybridized carbons (Fsp3) is 0.316. The number of hydrogen-bond donors (Lipinski definition) is 1. The lowest BCUT2D eigenvalue weighted by molar-refractivity contribution is -0.144. The lowest BCUT2D eigenvalue weighted by Crippen LogP contribution is -2.51. The van der Waals surface area contributed by atoms with Crippen LogP contribution in [0.1, 0.15) is 11.1 Å². The molecule has 3 rings (SSSR count). The van der Waals surface area contributed by atoms with E-state index >= 15 is 0 Å². The number of carbonyl (C=O) groups is 2. The van der Waals surface area contributed by atoms with Crippen LogP contribution < -0.4 is 5.32 Å². The Morgan fingerprint density at radius 2 is 1.80 bits per heavy atom. The number of nitrogens with one attached hydrogen (secondary N) is 1. The summed E-state index contributed by atoms with van der Waals surface area (Å²) in [6, 6.07) is 13.8. The molecule has 2 heterocycles. The predicted octanol–water partition coefficient (Wildman–Crippen LogP) is 1.67. The van der Waals surface area contributed by atoms with Gasteiger partial charge in [0.2, 0.25) is 0 Å². The van der Waals surface area contributed by atoms with E-state index in [9.17, 15) is 9.59 Å². The molecule has 1 saturated heterocycles. The van der Waals surface area contributed by atoms with Crippen molar-refractivity contribution in [3.05, 3.63) is 59.8 Å². The summed E-state index contributed by atoms with van der Waals surface area (Å²) in [4.78, 5) is 32.4. The Morgan fingerprint density at radius 3 is 2.48 bits per heavy atom. The highest BCUT2D eigenvalue weighted by Gasteiger charge is 2.26. The van der Waals surface area contributed by atoms with Gasteiger partial charge in [0.1, 0.15) is 5.82 Å². The highest BCUT2D eigenvalue weighted by Crippen LogP contribution is 2.10. The molecule has 2 amide bonds. The molecule has 25 heavy (non-hydrogen) atoms. The van der Waals surface area contributed by atoms with Crippen LogP contribution in [0.5, 0.6) is 0 Å². The summed E-state index contributed by atoms with van der Waals surface area (Å²) in [5.74, 6) is -0.724. The van der Waals surface area contributed by atoms with Crippen molar-refractivity contribution >= 4 is 17.6 Å². The minimum absolute atomic E-state index is 0.404. The fourth-order valence-corrected chi connectivity index (χ4v) is 2.87. The average Bonchev–Trinajstić information content (AvgIpc) is 2.62. The Hall–Kier alpha value is -2.73. The third-order valence-electron chi connectivity index (χ3n) is 4.26. The van der Waals surface area contributed by atoms with Gasteiger partial charge >= 0.3 is 11.8 Å². The molecule has 0 aliphatic carbocycles. The Balaban J connectivity index is 1.50. The van der Waals surface area contributed by atoms with E-state index in [1.165, 1.54) is 5.56 Å². The van der Waals surface area contributed by atoms with Gasteiger partial charge < -0.3 is 10.2 Å². The molecule has 6 nitrogen and oxygen atoms in total. The number of amides is 2. The van der Waals surface area contributed by atoms with Crippen molar-refractivity contribution in [2.24, 2.45) is 0 Å². The van der Waals surface area contributed by atoms with Gasteiger partial charge in [-0.25, -0.2) is 4.98 Å². The van der Waals surface area contributed by atoms with E-state index in [1.54, 1.807) is 17.2 Å². The topological polar surface area (TPSA) is 65.5 Å². The van der Waals surface area contributed by atoms with E-state index in [1.807, 2.05) is 31.2 Å². The molecule has 1 aliphatic rings. The van der Waals surface area contributed by atoms with Crippen LogP contribution in [-0.2, 0) is 16.1 Å². The molecule has 0 radical (unpaired) electrons. The first kappa shape index (κ1) is 17.1. The zero-order chi connectivity index (χ0) is 17.6. The van der Waals surface area contributed by atoms with Crippen LogP contribution >= 0.6 is 0 Å². The highest BCUT2D eigenvalue weighted by molar-refractivity contribution is 6.39. The molecule has 6 heteroatoms. The smallest absolute Gasteiger partial charge is 0.315 e. The van der Waals surface area contributed by atoms with Crippen LogP contribution in [0.4, 0.5) is 5.82 Å². The van der Waals surface area contributed by atoms with Gasteiger partial charge in [0.15, 0.2) is 0 Å². The van der Waals surface area contributed by atoms with Crippen LogP contribution in [0.15, 0.2) is 48.7 Å². The predicted molar refractivity (Wildman–Crippen MR) is 95.9 cm³/mol. The second kappa shape index (κ2) is 7.90. The molecular weight excluding hydrogens is 316 g/mol. The monoisotopic (exact) mass is 338 g/mol. The number of piperazine rings is 1. The molecule has 1 aliphatic heterocycles. The molecule has 130 valence electrons. The zero-order valence-electron chi connectivity index (χ0n) is 14.3. The van der Waals surface area contributed by atoms with Gasteiger partial charge in [-0.3, -0.25) is 14.5 Å². The second-order valence-electron chi connectivity index (χ2n) is 6.23. The fourth-order valence-electron chi connectivity index (χ4n) is 2.87. The molecule has 1 N–H and O–H groups in total. The number of pyridine rings is 1. The SMILES string of the molecule is Cc1ccnc(NC(=O)C(=O)N2CCN(Cc3ccccc3)CC2)c1. The minimum Gasteiger partial charge on any atom is -0.332 e. The van der Waals surface area contributed by atoms with Gasteiger partial charge in [-0.05, 0) is 30.2 Å². The number of hydrogen-bond acceptors (Lipinski definition) is 4. The first-order chi connectivity index (χ1) is 12.1. The van der Waals surface area contributed by atoms with Crippen molar-refractivity contribution in [2.75, 3.05) is 31.5 Å². The Bertz CT molecular complexity index is 740. The number of carbonyl (C=O) groups excluding carboxylic acids is 2. The number of aryl methyl sites for hydroxylation is 1. The van der Waals surface area contributed by atoms with E-state index in [-0.39, 0.29) is 0 Å². The molecule has 2 aromatic rings. The third-order valence-corrected chi connectivity index (χ3v) is 4.26. The maximum absolute atomic E-state index is 12.3. The van der Waals surface area contributed by atoms with Gasteiger partial charge in [0, 0.05) is 38.9 Å². The number of benzene rings is 1. The molecule has 1 aromatic heterocycles. The van der Waals surface area contributed by atoms with Gasteiger partial charge in [-0.1, -0.05) is 30.3 Å². The van der Waals surface area contributed by atoms with Crippen molar-refractivity contribution in [3.8, 4) is 0 Å². The standard InChI is InChI=1S/C19H22N4O2/c1-15-7-8-20-17(13-15)21-18(24)19(25)23-11-9-22(10-12-23)14-16-5-3-2-4-6-16/h2-8,13H,9-12,14H2,1H3,(H,20,21,24). The van der Waals surface area contributed by atoms with Crippen LogP contribution in [-0.4, -0.2) is 52.8 Å². The quantitative estimate of drug-likeness (QED) is 0.865. The lowest BCUT2D eigenvalue weighted by atomic mass is 10.2. The van der Waals surface area contributed by atoms with E-state index in [0.717, 1.165) is 25.2 Å². The molecule has 0 saturated carbocycles. The number of aromatic nitrogens is 1. The molecule has 0 bridgehead atoms. The maximum Gasteiger partial charge on any atom is 0.315 e. The molecule has 0 unspecified atom stereocenters. The van der Waals surface area contributed by atoms with Crippen LogP contribution in [0.25, 0.3) is 0 Å². The van der Waals surface area contributed by atoms with E-state index < -0.39 is 11.8 Å². The van der Waals surface area contributed by atoms with Crippen LogP contribution in [0, 0.1) is 6.92 Å². The molecular formula is C19H22N4O2. The Labute approximate surface area is 147 Å².